The van der Waals surface area contributed by atoms with Crippen molar-refractivity contribution < 1.29 is 23.6 Å². The van der Waals surface area contributed by atoms with E-state index in [1.54, 1.807) is 6.92 Å². The van der Waals surface area contributed by atoms with Crippen molar-refractivity contribution in [2.45, 2.75) is 27.3 Å². The number of rotatable bonds is 5. The average molecular weight is 414 g/mol. The molecule has 4 rings (SSSR count). The Morgan fingerprint density at radius 1 is 0.806 bits per heavy atom. The molecule has 0 bridgehead atoms. The van der Waals surface area contributed by atoms with Gasteiger partial charge in [-0.3, -0.25) is 0 Å². The number of pyridine rings is 1. The van der Waals surface area contributed by atoms with E-state index in [-0.39, 0.29) is 12.5 Å². The first-order chi connectivity index (χ1) is 15.0. The van der Waals surface area contributed by atoms with Crippen molar-refractivity contribution in [2.75, 3.05) is 6.61 Å². The fourth-order valence-electron chi connectivity index (χ4n) is 3.95. The Hall–Kier alpha value is -3.73. The van der Waals surface area contributed by atoms with Crippen molar-refractivity contribution >= 4 is 33.7 Å². The van der Waals surface area contributed by atoms with Gasteiger partial charge in [-0.2, -0.15) is 4.57 Å². The fourth-order valence-corrected chi connectivity index (χ4v) is 3.95. The molecule has 0 fully saturated rings. The third kappa shape index (κ3) is 3.87. The van der Waals surface area contributed by atoms with Crippen molar-refractivity contribution in [3.8, 4) is 5.75 Å². The number of aryl methyl sites for hydroxylation is 2. The second-order valence-corrected chi connectivity index (χ2v) is 7.41. The summed E-state index contributed by atoms with van der Waals surface area (Å²) in [7, 11) is 0. The van der Waals surface area contributed by atoms with Gasteiger partial charge < -0.3 is 9.47 Å². The van der Waals surface area contributed by atoms with E-state index < -0.39 is 5.97 Å². The number of fused-ring (bicyclic) bond motifs is 2. The summed E-state index contributed by atoms with van der Waals surface area (Å²) in [6.07, 6.45) is 0. The van der Waals surface area contributed by atoms with Crippen molar-refractivity contribution in [1.82, 2.24) is 0 Å². The molecule has 0 unspecified atom stereocenters. The predicted octanol–water partition coefficient (Wildman–Crippen LogP) is 4.68. The lowest BCUT2D eigenvalue weighted by molar-refractivity contribution is -0.633. The molecular weight excluding hydrogens is 390 g/mol. The standard InChI is InChI=1S/C26H24NO4/c1-4-30-23(28)16-27-21-14-7-5-12-19(21)24(20-13-6-8-15-22(20)27)26(29)31-25-17(2)10-9-11-18(25)3/h5-15H,4,16H2,1-3H3/q+1. The molecule has 0 saturated heterocycles. The minimum atomic E-state index is -0.423. The normalized spacial score (nSPS) is 10.9. The SMILES string of the molecule is CCOC(=O)C[n+]1c2ccccc2c(C(=O)Oc2c(C)cccc2C)c2ccccc21. The summed E-state index contributed by atoms with van der Waals surface area (Å²) in [6, 6.07) is 20.9. The van der Waals surface area contributed by atoms with E-state index in [0.717, 1.165) is 32.9 Å². The van der Waals surface area contributed by atoms with Crippen molar-refractivity contribution in [1.29, 1.82) is 0 Å². The highest BCUT2D eigenvalue weighted by Gasteiger charge is 2.27. The van der Waals surface area contributed by atoms with Crippen molar-refractivity contribution in [2.24, 2.45) is 0 Å². The lowest BCUT2D eigenvalue weighted by atomic mass is 10.0. The molecule has 0 aliphatic heterocycles. The van der Waals surface area contributed by atoms with Gasteiger partial charge in [0.2, 0.25) is 17.6 Å². The number of hydrogen-bond donors (Lipinski definition) is 0. The van der Waals surface area contributed by atoms with Gasteiger partial charge in [0.05, 0.1) is 22.9 Å². The molecule has 156 valence electrons. The Morgan fingerprint density at radius 2 is 1.35 bits per heavy atom. The summed E-state index contributed by atoms with van der Waals surface area (Å²) in [6.45, 7) is 6.00. The molecule has 0 saturated carbocycles. The van der Waals surface area contributed by atoms with Crippen LogP contribution in [0.3, 0.4) is 0 Å². The molecule has 0 aliphatic rings. The van der Waals surface area contributed by atoms with Gasteiger partial charge in [0.15, 0.2) is 0 Å². The highest BCUT2D eigenvalue weighted by molar-refractivity contribution is 6.13. The summed E-state index contributed by atoms with van der Waals surface area (Å²) in [5, 5.41) is 1.45. The summed E-state index contributed by atoms with van der Waals surface area (Å²) >= 11 is 0. The molecular formula is C26H24NO4+. The lowest BCUT2D eigenvalue weighted by Gasteiger charge is -2.13. The lowest BCUT2D eigenvalue weighted by Crippen LogP contribution is -2.41. The van der Waals surface area contributed by atoms with Gasteiger partial charge in [0.25, 0.3) is 0 Å². The molecule has 0 aliphatic carbocycles. The fraction of sp³-hybridized carbons (Fsp3) is 0.192. The molecule has 4 aromatic rings. The van der Waals surface area contributed by atoms with E-state index in [0.29, 0.717) is 17.9 Å². The van der Waals surface area contributed by atoms with Crippen LogP contribution in [-0.4, -0.2) is 18.5 Å². The number of para-hydroxylation sites is 3. The van der Waals surface area contributed by atoms with Gasteiger partial charge in [0.1, 0.15) is 5.75 Å². The predicted molar refractivity (Wildman–Crippen MR) is 119 cm³/mol. The van der Waals surface area contributed by atoms with E-state index in [9.17, 15) is 9.59 Å². The molecule has 0 spiro atoms. The van der Waals surface area contributed by atoms with Crippen LogP contribution in [0.5, 0.6) is 5.75 Å². The molecule has 31 heavy (non-hydrogen) atoms. The maximum atomic E-state index is 13.5. The van der Waals surface area contributed by atoms with Gasteiger partial charge in [-0.1, -0.05) is 42.5 Å². The van der Waals surface area contributed by atoms with Gasteiger partial charge in [-0.25, -0.2) is 9.59 Å². The Bertz CT molecular complexity index is 1230. The van der Waals surface area contributed by atoms with Crippen molar-refractivity contribution in [3.63, 3.8) is 0 Å². The number of carbonyl (C=O) groups excluding carboxylic acids is 2. The first kappa shape index (κ1) is 20.5. The molecule has 1 heterocycles. The monoisotopic (exact) mass is 414 g/mol. The van der Waals surface area contributed by atoms with Gasteiger partial charge in [-0.05, 0) is 44.0 Å². The molecule has 0 N–H and O–H groups in total. The minimum absolute atomic E-state index is 0.0566. The molecule has 5 nitrogen and oxygen atoms in total. The van der Waals surface area contributed by atoms with Crippen LogP contribution in [0.25, 0.3) is 21.8 Å². The Balaban J connectivity index is 1.93. The molecule has 0 atom stereocenters. The van der Waals surface area contributed by atoms with Crippen LogP contribution in [0.15, 0.2) is 66.7 Å². The molecule has 0 radical (unpaired) electrons. The number of aromatic nitrogens is 1. The summed E-state index contributed by atoms with van der Waals surface area (Å²) in [5.74, 6) is -0.175. The summed E-state index contributed by atoms with van der Waals surface area (Å²) in [5.41, 5.74) is 3.81. The zero-order valence-electron chi connectivity index (χ0n) is 17.8. The van der Waals surface area contributed by atoms with Crippen LogP contribution in [0.2, 0.25) is 0 Å². The van der Waals surface area contributed by atoms with E-state index in [2.05, 4.69) is 0 Å². The number of esters is 2. The van der Waals surface area contributed by atoms with Gasteiger partial charge >= 0.3 is 11.9 Å². The first-order valence-electron chi connectivity index (χ1n) is 10.3. The molecule has 1 aromatic heterocycles. The smallest absolute Gasteiger partial charge is 0.372 e. The van der Waals surface area contributed by atoms with Gasteiger partial charge in [-0.15, -0.1) is 0 Å². The van der Waals surface area contributed by atoms with Crippen LogP contribution in [0.1, 0.15) is 28.4 Å². The Morgan fingerprint density at radius 3 is 1.90 bits per heavy atom. The quantitative estimate of drug-likeness (QED) is 0.206. The topological polar surface area (TPSA) is 56.5 Å². The zero-order chi connectivity index (χ0) is 22.0. The third-order valence-electron chi connectivity index (χ3n) is 5.33. The Labute approximate surface area is 180 Å². The highest BCUT2D eigenvalue weighted by atomic mass is 16.5. The van der Waals surface area contributed by atoms with Crippen LogP contribution in [-0.2, 0) is 16.1 Å². The molecule has 3 aromatic carbocycles. The van der Waals surface area contributed by atoms with E-state index in [4.69, 9.17) is 9.47 Å². The number of ether oxygens (including phenoxy) is 2. The van der Waals surface area contributed by atoms with Gasteiger partial charge in [0, 0.05) is 12.1 Å². The number of nitrogens with zero attached hydrogens (tertiary/aromatic N) is 1. The minimum Gasteiger partial charge on any atom is -0.461 e. The van der Waals surface area contributed by atoms with Crippen LogP contribution in [0, 0.1) is 13.8 Å². The number of benzene rings is 3. The summed E-state index contributed by atoms with van der Waals surface area (Å²) < 4.78 is 13.0. The zero-order valence-corrected chi connectivity index (χ0v) is 17.8. The van der Waals surface area contributed by atoms with E-state index >= 15 is 0 Å². The number of carbonyl (C=O) groups is 2. The van der Waals surface area contributed by atoms with Crippen molar-refractivity contribution in [3.05, 3.63) is 83.4 Å². The van der Waals surface area contributed by atoms with E-state index in [1.807, 2.05) is 85.1 Å². The second-order valence-electron chi connectivity index (χ2n) is 7.41. The van der Waals surface area contributed by atoms with E-state index in [1.165, 1.54) is 0 Å². The number of hydrogen-bond acceptors (Lipinski definition) is 4. The Kier molecular flexibility index (Phi) is 5.67. The van der Waals surface area contributed by atoms with Crippen LogP contribution in [0.4, 0.5) is 0 Å². The first-order valence-corrected chi connectivity index (χ1v) is 10.3. The average Bonchev–Trinajstić information content (AvgIpc) is 2.76. The molecule has 0 amide bonds. The summed E-state index contributed by atoms with van der Waals surface area (Å²) in [4.78, 5) is 25.8. The van der Waals surface area contributed by atoms with Crippen LogP contribution < -0.4 is 9.30 Å². The second kappa shape index (κ2) is 8.56. The highest BCUT2D eigenvalue weighted by Crippen LogP contribution is 2.29. The largest absolute Gasteiger partial charge is 0.461 e. The third-order valence-corrected chi connectivity index (χ3v) is 5.33. The van der Waals surface area contributed by atoms with Crippen LogP contribution >= 0.6 is 0 Å². The molecule has 5 heteroatoms. The maximum Gasteiger partial charge on any atom is 0.372 e. The maximum absolute atomic E-state index is 13.5.